The van der Waals surface area contributed by atoms with Crippen LogP contribution in [0.25, 0.3) is 0 Å². The number of nitrogens with one attached hydrogen (secondary N) is 1. The largest absolute Gasteiger partial charge is 0.522 e. The molecule has 100 valence electrons. The molecular formula is C10H16F3NO3. The third kappa shape index (κ3) is 5.36. The molecule has 4 nitrogen and oxygen atoms in total. The predicted molar refractivity (Wildman–Crippen MR) is 53.3 cm³/mol. The first-order valence-corrected chi connectivity index (χ1v) is 5.54. The fourth-order valence-corrected chi connectivity index (χ4v) is 2.13. The lowest BCUT2D eigenvalue weighted by molar-refractivity contribution is -0.323. The summed E-state index contributed by atoms with van der Waals surface area (Å²) < 4.78 is 38.5. The molecule has 1 fully saturated rings. The predicted octanol–water partition coefficient (Wildman–Crippen LogP) is 1.61. The smallest absolute Gasteiger partial charge is 0.481 e. The summed E-state index contributed by atoms with van der Waals surface area (Å²) >= 11 is 0. The van der Waals surface area contributed by atoms with Gasteiger partial charge in [0.15, 0.2) is 0 Å². The van der Waals surface area contributed by atoms with Crippen molar-refractivity contribution in [1.29, 1.82) is 0 Å². The standard InChI is InChI=1S/C10H16F3NO3/c11-10(12,13)17-5-4-14-6-7-2-1-3-8(7)9(15)16/h7-8,14H,1-6H2,(H,15,16). The summed E-state index contributed by atoms with van der Waals surface area (Å²) in [5.74, 6) is -1.18. The fraction of sp³-hybridized carbons (Fsp3) is 0.900. The van der Waals surface area contributed by atoms with Crippen molar-refractivity contribution in [3.63, 3.8) is 0 Å². The third-order valence-electron chi connectivity index (χ3n) is 2.93. The van der Waals surface area contributed by atoms with Crippen LogP contribution < -0.4 is 5.32 Å². The van der Waals surface area contributed by atoms with Gasteiger partial charge in [0.2, 0.25) is 0 Å². The molecule has 0 saturated heterocycles. The van der Waals surface area contributed by atoms with Crippen LogP contribution in [0.4, 0.5) is 13.2 Å². The molecule has 0 bridgehead atoms. The van der Waals surface area contributed by atoms with Gasteiger partial charge in [0.1, 0.15) is 0 Å². The van der Waals surface area contributed by atoms with Crippen molar-refractivity contribution >= 4 is 5.97 Å². The van der Waals surface area contributed by atoms with Gasteiger partial charge in [-0.2, -0.15) is 0 Å². The van der Waals surface area contributed by atoms with E-state index in [4.69, 9.17) is 5.11 Å². The molecule has 1 aliphatic carbocycles. The first-order chi connectivity index (χ1) is 7.90. The zero-order chi connectivity index (χ0) is 12.9. The van der Waals surface area contributed by atoms with E-state index in [0.717, 1.165) is 12.8 Å². The summed E-state index contributed by atoms with van der Waals surface area (Å²) in [7, 11) is 0. The Kier molecular flexibility index (Phi) is 5.20. The Hall–Kier alpha value is -0.820. The van der Waals surface area contributed by atoms with Crippen LogP contribution in [0.2, 0.25) is 0 Å². The SMILES string of the molecule is O=C(O)C1CCCC1CNCCOC(F)(F)F. The van der Waals surface area contributed by atoms with Gasteiger partial charge in [-0.25, -0.2) is 0 Å². The molecule has 0 aromatic carbocycles. The van der Waals surface area contributed by atoms with E-state index in [9.17, 15) is 18.0 Å². The number of aliphatic carboxylic acids is 1. The van der Waals surface area contributed by atoms with Gasteiger partial charge in [-0.15, -0.1) is 13.2 Å². The van der Waals surface area contributed by atoms with Crippen molar-refractivity contribution in [2.45, 2.75) is 25.6 Å². The minimum absolute atomic E-state index is 0.0124. The lowest BCUT2D eigenvalue weighted by Crippen LogP contribution is -2.32. The second kappa shape index (κ2) is 6.20. The van der Waals surface area contributed by atoms with Crippen molar-refractivity contribution in [2.24, 2.45) is 11.8 Å². The van der Waals surface area contributed by atoms with E-state index in [2.05, 4.69) is 10.1 Å². The van der Waals surface area contributed by atoms with Crippen LogP contribution in [0.1, 0.15) is 19.3 Å². The Balaban J connectivity index is 2.12. The van der Waals surface area contributed by atoms with Crippen molar-refractivity contribution in [2.75, 3.05) is 19.7 Å². The first kappa shape index (κ1) is 14.2. The van der Waals surface area contributed by atoms with Crippen LogP contribution in [0.15, 0.2) is 0 Å². The third-order valence-corrected chi connectivity index (χ3v) is 2.93. The van der Waals surface area contributed by atoms with Crippen molar-refractivity contribution in [3.8, 4) is 0 Å². The number of halogens is 3. The normalized spacial score (nSPS) is 25.1. The Morgan fingerprint density at radius 3 is 2.71 bits per heavy atom. The molecule has 0 heterocycles. The highest BCUT2D eigenvalue weighted by Crippen LogP contribution is 2.31. The number of hydrogen-bond donors (Lipinski definition) is 2. The van der Waals surface area contributed by atoms with Crippen molar-refractivity contribution < 1.29 is 27.8 Å². The van der Waals surface area contributed by atoms with Crippen molar-refractivity contribution in [1.82, 2.24) is 5.32 Å². The second-order valence-corrected chi connectivity index (χ2v) is 4.13. The van der Waals surface area contributed by atoms with Gasteiger partial charge in [-0.1, -0.05) is 6.42 Å². The van der Waals surface area contributed by atoms with E-state index in [1.165, 1.54) is 0 Å². The van der Waals surface area contributed by atoms with E-state index in [1.54, 1.807) is 0 Å². The lowest BCUT2D eigenvalue weighted by atomic mass is 9.96. The first-order valence-electron chi connectivity index (χ1n) is 5.54. The van der Waals surface area contributed by atoms with E-state index in [0.29, 0.717) is 13.0 Å². The van der Waals surface area contributed by atoms with Crippen LogP contribution >= 0.6 is 0 Å². The molecule has 0 amide bonds. The Bertz CT molecular complexity index is 258. The highest BCUT2D eigenvalue weighted by molar-refractivity contribution is 5.70. The second-order valence-electron chi connectivity index (χ2n) is 4.13. The van der Waals surface area contributed by atoms with E-state index in [1.807, 2.05) is 0 Å². The highest BCUT2D eigenvalue weighted by Gasteiger charge is 2.32. The van der Waals surface area contributed by atoms with Gasteiger partial charge in [-0.3, -0.25) is 9.53 Å². The number of hydrogen-bond acceptors (Lipinski definition) is 3. The fourth-order valence-electron chi connectivity index (χ4n) is 2.13. The molecule has 1 saturated carbocycles. The monoisotopic (exact) mass is 255 g/mol. The van der Waals surface area contributed by atoms with Crippen LogP contribution in [-0.2, 0) is 9.53 Å². The quantitative estimate of drug-likeness (QED) is 0.708. The zero-order valence-electron chi connectivity index (χ0n) is 9.29. The number of rotatable bonds is 6. The number of alkyl halides is 3. The summed E-state index contributed by atoms with van der Waals surface area (Å²) in [6.45, 7) is 0.0501. The zero-order valence-corrected chi connectivity index (χ0v) is 9.29. The minimum Gasteiger partial charge on any atom is -0.481 e. The molecule has 2 N–H and O–H groups in total. The average Bonchev–Trinajstić information content (AvgIpc) is 2.63. The summed E-state index contributed by atoms with van der Waals surface area (Å²) in [6.07, 6.45) is -2.27. The molecule has 0 aromatic heterocycles. The summed E-state index contributed by atoms with van der Waals surface area (Å²) in [5.41, 5.74) is 0. The van der Waals surface area contributed by atoms with Gasteiger partial charge < -0.3 is 10.4 Å². The number of carboxylic acid groups (broad SMARTS) is 1. The highest BCUT2D eigenvalue weighted by atomic mass is 19.4. The van der Waals surface area contributed by atoms with Crippen LogP contribution in [0, 0.1) is 11.8 Å². The molecule has 7 heteroatoms. The van der Waals surface area contributed by atoms with E-state index >= 15 is 0 Å². The maximum absolute atomic E-state index is 11.6. The molecule has 1 aliphatic rings. The molecule has 0 aromatic rings. The maximum Gasteiger partial charge on any atom is 0.522 e. The lowest BCUT2D eigenvalue weighted by Gasteiger charge is -2.16. The maximum atomic E-state index is 11.6. The topological polar surface area (TPSA) is 58.6 Å². The Morgan fingerprint density at radius 2 is 2.12 bits per heavy atom. The molecule has 17 heavy (non-hydrogen) atoms. The molecule has 0 radical (unpaired) electrons. The molecule has 0 spiro atoms. The minimum atomic E-state index is -4.60. The van der Waals surface area contributed by atoms with E-state index in [-0.39, 0.29) is 18.4 Å². The van der Waals surface area contributed by atoms with E-state index < -0.39 is 18.9 Å². The summed E-state index contributed by atoms with van der Waals surface area (Å²) in [6, 6.07) is 0. The summed E-state index contributed by atoms with van der Waals surface area (Å²) in [4.78, 5) is 10.8. The number of ether oxygens (including phenoxy) is 1. The summed E-state index contributed by atoms with van der Waals surface area (Å²) in [5, 5.41) is 11.7. The van der Waals surface area contributed by atoms with Crippen LogP contribution in [0.5, 0.6) is 0 Å². The molecule has 1 rings (SSSR count). The van der Waals surface area contributed by atoms with Crippen LogP contribution in [-0.4, -0.2) is 37.1 Å². The number of carboxylic acids is 1. The van der Waals surface area contributed by atoms with Gasteiger partial charge in [-0.05, 0) is 25.3 Å². The molecule has 0 aliphatic heterocycles. The van der Waals surface area contributed by atoms with Gasteiger partial charge >= 0.3 is 12.3 Å². The van der Waals surface area contributed by atoms with Crippen molar-refractivity contribution in [3.05, 3.63) is 0 Å². The Labute approximate surface area is 97.1 Å². The Morgan fingerprint density at radius 1 is 1.41 bits per heavy atom. The average molecular weight is 255 g/mol. The van der Waals surface area contributed by atoms with Gasteiger partial charge in [0.05, 0.1) is 12.5 Å². The van der Waals surface area contributed by atoms with Gasteiger partial charge in [0.25, 0.3) is 0 Å². The molecule has 2 atom stereocenters. The molecular weight excluding hydrogens is 239 g/mol. The molecule has 2 unspecified atom stereocenters. The van der Waals surface area contributed by atoms with Crippen LogP contribution in [0.3, 0.4) is 0 Å². The number of carbonyl (C=O) groups is 1. The van der Waals surface area contributed by atoms with Gasteiger partial charge in [0, 0.05) is 6.54 Å².